The summed E-state index contributed by atoms with van der Waals surface area (Å²) in [6.07, 6.45) is 0.344. The highest BCUT2D eigenvalue weighted by Crippen LogP contribution is 2.20. The molecule has 1 aromatic carbocycles. The zero-order valence-electron chi connectivity index (χ0n) is 13.6. The maximum atomic E-state index is 11.8. The number of nitrogens with two attached hydrogens (primary N) is 1. The molecule has 0 aromatic heterocycles. The molecule has 4 nitrogen and oxygen atoms in total. The average molecular weight is 292 g/mol. The number of nitrogen functional groups attached to an aromatic ring is 1. The average Bonchev–Trinajstić information content (AvgIpc) is 2.40. The Morgan fingerprint density at radius 3 is 2.38 bits per heavy atom. The van der Waals surface area contributed by atoms with E-state index in [1.807, 2.05) is 12.1 Å². The number of amides is 1. The van der Waals surface area contributed by atoms with Crippen molar-refractivity contribution >= 4 is 11.6 Å². The van der Waals surface area contributed by atoms with Crippen molar-refractivity contribution in [1.29, 1.82) is 0 Å². The van der Waals surface area contributed by atoms with Gasteiger partial charge in [-0.05, 0) is 29.9 Å². The first kappa shape index (κ1) is 17.3. The van der Waals surface area contributed by atoms with Crippen molar-refractivity contribution in [3.63, 3.8) is 0 Å². The molecule has 1 aromatic rings. The number of para-hydroxylation sites is 2. The molecule has 3 N–H and O–H groups in total. The van der Waals surface area contributed by atoms with E-state index in [2.05, 4.69) is 33.0 Å². The topological polar surface area (TPSA) is 64.3 Å². The Morgan fingerprint density at radius 2 is 1.81 bits per heavy atom. The molecule has 118 valence electrons. The normalized spacial score (nSPS) is 11.2. The summed E-state index contributed by atoms with van der Waals surface area (Å²) in [6, 6.07) is 7.31. The minimum atomic E-state index is 0.0239. The molecule has 4 heteroatoms. The van der Waals surface area contributed by atoms with Crippen molar-refractivity contribution in [1.82, 2.24) is 5.32 Å². The van der Waals surface area contributed by atoms with Gasteiger partial charge in [-0.3, -0.25) is 4.79 Å². The van der Waals surface area contributed by atoms with Crippen LogP contribution in [0.25, 0.3) is 0 Å². The van der Waals surface area contributed by atoms with Gasteiger partial charge in [-0.2, -0.15) is 0 Å². The van der Waals surface area contributed by atoms with Crippen LogP contribution in [0, 0.1) is 17.8 Å². The van der Waals surface area contributed by atoms with Crippen LogP contribution in [0.4, 0.5) is 5.69 Å². The van der Waals surface area contributed by atoms with E-state index in [9.17, 15) is 4.79 Å². The Bertz CT molecular complexity index is 436. The molecule has 21 heavy (non-hydrogen) atoms. The quantitative estimate of drug-likeness (QED) is 0.724. The maximum Gasteiger partial charge on any atom is 0.223 e. The molecule has 0 aliphatic carbocycles. The van der Waals surface area contributed by atoms with E-state index >= 15 is 0 Å². The van der Waals surface area contributed by atoms with Crippen molar-refractivity contribution in [2.24, 2.45) is 17.8 Å². The summed E-state index contributed by atoms with van der Waals surface area (Å²) >= 11 is 0. The maximum absolute atomic E-state index is 11.8. The highest BCUT2D eigenvalue weighted by Gasteiger charge is 2.18. The minimum absolute atomic E-state index is 0.0239. The lowest BCUT2D eigenvalue weighted by Gasteiger charge is -2.25. The molecule has 0 bridgehead atoms. The predicted molar refractivity (Wildman–Crippen MR) is 87.1 cm³/mol. The fraction of sp³-hybridized carbons (Fsp3) is 0.588. The summed E-state index contributed by atoms with van der Waals surface area (Å²) in [4.78, 5) is 11.8. The second kappa shape index (κ2) is 8.55. The standard InChI is InChI=1S/C17H28N2O2/c1-12(2)14(13(3)4)11-19-17(20)9-10-21-16-8-6-5-7-15(16)18/h5-8,12-14H,9-11,18H2,1-4H3,(H,19,20). The first-order valence-electron chi connectivity index (χ1n) is 7.65. The van der Waals surface area contributed by atoms with Crippen LogP contribution < -0.4 is 15.8 Å². The highest BCUT2D eigenvalue weighted by molar-refractivity contribution is 5.76. The SMILES string of the molecule is CC(C)C(CNC(=O)CCOc1ccccc1N)C(C)C. The summed E-state index contributed by atoms with van der Waals surface area (Å²) in [7, 11) is 0. The summed E-state index contributed by atoms with van der Waals surface area (Å²) in [5.74, 6) is 2.28. The molecule has 0 aliphatic heterocycles. The highest BCUT2D eigenvalue weighted by atomic mass is 16.5. The van der Waals surface area contributed by atoms with Crippen molar-refractivity contribution in [3.8, 4) is 5.75 Å². The molecule has 1 rings (SSSR count). The van der Waals surface area contributed by atoms with Gasteiger partial charge in [0.1, 0.15) is 5.75 Å². The Hall–Kier alpha value is -1.71. The van der Waals surface area contributed by atoms with E-state index < -0.39 is 0 Å². The van der Waals surface area contributed by atoms with E-state index in [1.54, 1.807) is 12.1 Å². The molecule has 0 spiro atoms. The number of hydrogen-bond acceptors (Lipinski definition) is 3. The van der Waals surface area contributed by atoms with Crippen LogP contribution >= 0.6 is 0 Å². The van der Waals surface area contributed by atoms with Crippen LogP contribution in [0.2, 0.25) is 0 Å². The summed E-state index contributed by atoms with van der Waals surface area (Å²) in [6.45, 7) is 9.84. The molecule has 0 radical (unpaired) electrons. The lowest BCUT2D eigenvalue weighted by molar-refractivity contribution is -0.121. The fourth-order valence-electron chi connectivity index (χ4n) is 2.43. The molecule has 0 atom stereocenters. The number of carbonyl (C=O) groups is 1. The number of hydrogen-bond donors (Lipinski definition) is 2. The number of benzene rings is 1. The first-order valence-corrected chi connectivity index (χ1v) is 7.65. The molecular weight excluding hydrogens is 264 g/mol. The number of ether oxygens (including phenoxy) is 1. The molecule has 0 unspecified atom stereocenters. The van der Waals surface area contributed by atoms with Gasteiger partial charge in [-0.25, -0.2) is 0 Å². The van der Waals surface area contributed by atoms with Gasteiger partial charge in [0.15, 0.2) is 0 Å². The van der Waals surface area contributed by atoms with Crippen molar-refractivity contribution in [2.75, 3.05) is 18.9 Å². The van der Waals surface area contributed by atoms with E-state index in [4.69, 9.17) is 10.5 Å². The Labute approximate surface area is 128 Å². The molecule has 1 amide bonds. The van der Waals surface area contributed by atoms with Crippen LogP contribution in [-0.4, -0.2) is 19.1 Å². The molecule has 0 saturated carbocycles. The van der Waals surface area contributed by atoms with Gasteiger partial charge in [0.05, 0.1) is 18.7 Å². The van der Waals surface area contributed by atoms with Crippen molar-refractivity contribution in [3.05, 3.63) is 24.3 Å². The summed E-state index contributed by atoms with van der Waals surface area (Å²) in [5, 5.41) is 3.00. The molecule has 0 aliphatic rings. The Morgan fingerprint density at radius 1 is 1.19 bits per heavy atom. The minimum Gasteiger partial charge on any atom is -0.491 e. The third-order valence-electron chi connectivity index (χ3n) is 3.75. The Kier molecular flexibility index (Phi) is 7.06. The zero-order valence-corrected chi connectivity index (χ0v) is 13.6. The number of nitrogens with one attached hydrogen (secondary N) is 1. The van der Waals surface area contributed by atoms with Gasteiger partial charge in [0.25, 0.3) is 0 Å². The molecule has 0 heterocycles. The lowest BCUT2D eigenvalue weighted by atomic mass is 9.85. The van der Waals surface area contributed by atoms with Crippen LogP contribution in [0.3, 0.4) is 0 Å². The summed E-state index contributed by atoms with van der Waals surface area (Å²) in [5.41, 5.74) is 6.37. The number of rotatable bonds is 8. The van der Waals surface area contributed by atoms with Crippen LogP contribution in [0.1, 0.15) is 34.1 Å². The zero-order chi connectivity index (χ0) is 15.8. The smallest absolute Gasteiger partial charge is 0.223 e. The van der Waals surface area contributed by atoms with Crippen molar-refractivity contribution < 1.29 is 9.53 Å². The molecule has 0 fully saturated rings. The number of anilines is 1. The van der Waals surface area contributed by atoms with Gasteiger partial charge in [0, 0.05) is 6.54 Å². The molecular formula is C17H28N2O2. The molecule has 0 saturated heterocycles. The van der Waals surface area contributed by atoms with Crippen LogP contribution in [-0.2, 0) is 4.79 Å². The van der Waals surface area contributed by atoms with E-state index in [0.29, 0.717) is 42.2 Å². The lowest BCUT2D eigenvalue weighted by Crippen LogP contribution is -2.34. The third kappa shape index (κ3) is 6.06. The largest absolute Gasteiger partial charge is 0.491 e. The van der Waals surface area contributed by atoms with E-state index in [1.165, 1.54) is 0 Å². The van der Waals surface area contributed by atoms with Gasteiger partial charge in [-0.15, -0.1) is 0 Å². The monoisotopic (exact) mass is 292 g/mol. The number of carbonyl (C=O) groups excluding carboxylic acids is 1. The third-order valence-corrected chi connectivity index (χ3v) is 3.75. The second-order valence-corrected chi connectivity index (χ2v) is 6.09. The predicted octanol–water partition coefficient (Wildman–Crippen LogP) is 3.08. The summed E-state index contributed by atoms with van der Waals surface area (Å²) < 4.78 is 5.52. The Balaban J connectivity index is 2.30. The first-order chi connectivity index (χ1) is 9.91. The van der Waals surface area contributed by atoms with E-state index in [-0.39, 0.29) is 5.91 Å². The van der Waals surface area contributed by atoms with Crippen LogP contribution in [0.5, 0.6) is 5.75 Å². The van der Waals surface area contributed by atoms with Crippen LogP contribution in [0.15, 0.2) is 24.3 Å². The van der Waals surface area contributed by atoms with Crippen molar-refractivity contribution in [2.45, 2.75) is 34.1 Å². The van der Waals surface area contributed by atoms with E-state index in [0.717, 1.165) is 6.54 Å². The fourth-order valence-corrected chi connectivity index (χ4v) is 2.43. The van der Waals surface area contributed by atoms with Gasteiger partial charge in [0.2, 0.25) is 5.91 Å². The van der Waals surface area contributed by atoms with Gasteiger partial charge in [-0.1, -0.05) is 39.8 Å². The van der Waals surface area contributed by atoms with Gasteiger partial charge >= 0.3 is 0 Å². The second-order valence-electron chi connectivity index (χ2n) is 6.09. The van der Waals surface area contributed by atoms with Gasteiger partial charge < -0.3 is 15.8 Å².